The molecule has 1 fully saturated rings. The van der Waals surface area contributed by atoms with Crippen LogP contribution in [0, 0.1) is 0 Å². The van der Waals surface area contributed by atoms with E-state index < -0.39 is 6.04 Å². The van der Waals surface area contributed by atoms with E-state index in [4.69, 9.17) is 0 Å². The lowest BCUT2D eigenvalue weighted by molar-refractivity contribution is -0.129. The zero-order valence-corrected chi connectivity index (χ0v) is 14.4. The van der Waals surface area contributed by atoms with Crippen molar-refractivity contribution in [2.45, 2.75) is 19.0 Å². The number of carbonyl (C=O) groups excluding carboxylic acids is 2. The molecule has 130 valence electrons. The Morgan fingerprint density at radius 3 is 2.54 bits per heavy atom. The number of hydrogen-bond donors (Lipinski definition) is 1. The molecular formula is C22H20N2O2. The average molecular weight is 344 g/mol. The number of amides is 2. The molecule has 0 aliphatic carbocycles. The van der Waals surface area contributed by atoms with Crippen LogP contribution in [0.3, 0.4) is 0 Å². The van der Waals surface area contributed by atoms with Crippen LogP contribution in [-0.4, -0.2) is 29.3 Å². The third-order valence-corrected chi connectivity index (χ3v) is 4.85. The second kappa shape index (κ2) is 7.00. The van der Waals surface area contributed by atoms with Gasteiger partial charge in [0, 0.05) is 18.7 Å². The van der Waals surface area contributed by atoms with Crippen molar-refractivity contribution in [2.75, 3.05) is 6.54 Å². The molecule has 0 bridgehead atoms. The normalized spacial score (nSPS) is 16.8. The first-order valence-electron chi connectivity index (χ1n) is 8.84. The zero-order valence-electron chi connectivity index (χ0n) is 14.4. The molecule has 1 aliphatic heterocycles. The highest BCUT2D eigenvalue weighted by Crippen LogP contribution is 2.20. The van der Waals surface area contributed by atoms with Crippen molar-refractivity contribution in [3.05, 3.63) is 83.9 Å². The molecule has 1 saturated heterocycles. The average Bonchev–Trinajstić information content (AvgIpc) is 3.02. The Labute approximate surface area is 152 Å². The number of nitrogens with zero attached hydrogens (tertiary/aromatic N) is 1. The van der Waals surface area contributed by atoms with Gasteiger partial charge in [0.1, 0.15) is 6.04 Å². The van der Waals surface area contributed by atoms with Crippen molar-refractivity contribution in [2.24, 2.45) is 0 Å². The lowest BCUT2D eigenvalue weighted by atomic mass is 10.0. The summed E-state index contributed by atoms with van der Waals surface area (Å²) < 4.78 is 0. The Morgan fingerprint density at radius 2 is 1.69 bits per heavy atom. The first kappa shape index (κ1) is 16.3. The van der Waals surface area contributed by atoms with E-state index in [0.717, 1.165) is 16.3 Å². The van der Waals surface area contributed by atoms with Crippen LogP contribution in [0.5, 0.6) is 0 Å². The van der Waals surface area contributed by atoms with Crippen LogP contribution in [-0.2, 0) is 11.3 Å². The molecule has 2 amide bonds. The van der Waals surface area contributed by atoms with Crippen molar-refractivity contribution in [1.82, 2.24) is 10.2 Å². The fourth-order valence-corrected chi connectivity index (χ4v) is 3.49. The van der Waals surface area contributed by atoms with Gasteiger partial charge in [-0.15, -0.1) is 0 Å². The van der Waals surface area contributed by atoms with Gasteiger partial charge >= 0.3 is 0 Å². The predicted octanol–water partition coefficient (Wildman–Crippen LogP) is 3.37. The molecule has 1 atom stereocenters. The maximum Gasteiger partial charge on any atom is 0.252 e. The molecule has 0 radical (unpaired) electrons. The van der Waals surface area contributed by atoms with Crippen molar-refractivity contribution in [1.29, 1.82) is 0 Å². The summed E-state index contributed by atoms with van der Waals surface area (Å²) in [5, 5.41) is 4.84. The summed E-state index contributed by atoms with van der Waals surface area (Å²) >= 11 is 0. The van der Waals surface area contributed by atoms with Crippen LogP contribution in [0.4, 0.5) is 0 Å². The minimum atomic E-state index is -0.454. The standard InChI is InChI=1S/C22H20N2O2/c25-21(19-12-6-10-17-9-4-5-11-18(17)19)23-20-13-14-24(22(20)26)15-16-7-2-1-3-8-16/h1-12,20H,13-15H2,(H,23,25)/t20-/m0/s1. The maximum atomic E-state index is 12.7. The van der Waals surface area contributed by atoms with Crippen molar-refractivity contribution in [3.63, 3.8) is 0 Å². The molecule has 3 aromatic rings. The molecular weight excluding hydrogens is 324 g/mol. The van der Waals surface area contributed by atoms with Gasteiger partial charge in [0.05, 0.1) is 0 Å². The minimum Gasteiger partial charge on any atom is -0.340 e. The molecule has 4 rings (SSSR count). The van der Waals surface area contributed by atoms with Gasteiger partial charge in [-0.3, -0.25) is 9.59 Å². The summed E-state index contributed by atoms with van der Waals surface area (Å²) in [5.41, 5.74) is 1.71. The summed E-state index contributed by atoms with van der Waals surface area (Å²) in [7, 11) is 0. The minimum absolute atomic E-state index is 0.0116. The molecule has 1 N–H and O–H groups in total. The second-order valence-electron chi connectivity index (χ2n) is 6.59. The molecule has 26 heavy (non-hydrogen) atoms. The molecule has 1 aliphatic rings. The summed E-state index contributed by atoms with van der Waals surface area (Å²) in [6.07, 6.45) is 0.641. The van der Waals surface area contributed by atoms with E-state index in [2.05, 4.69) is 5.32 Å². The molecule has 3 aromatic carbocycles. The third-order valence-electron chi connectivity index (χ3n) is 4.85. The van der Waals surface area contributed by atoms with E-state index in [1.807, 2.05) is 71.6 Å². The van der Waals surface area contributed by atoms with E-state index in [1.54, 1.807) is 6.07 Å². The summed E-state index contributed by atoms with van der Waals surface area (Å²) in [5.74, 6) is -0.204. The molecule has 4 nitrogen and oxygen atoms in total. The van der Waals surface area contributed by atoms with Crippen LogP contribution >= 0.6 is 0 Å². The van der Waals surface area contributed by atoms with E-state index in [1.165, 1.54) is 0 Å². The lowest BCUT2D eigenvalue weighted by Crippen LogP contribution is -2.41. The molecule has 0 saturated carbocycles. The van der Waals surface area contributed by atoms with Gasteiger partial charge in [-0.1, -0.05) is 66.7 Å². The highest BCUT2D eigenvalue weighted by atomic mass is 16.2. The summed E-state index contributed by atoms with van der Waals surface area (Å²) in [4.78, 5) is 27.2. The van der Waals surface area contributed by atoms with Gasteiger partial charge in [-0.25, -0.2) is 0 Å². The van der Waals surface area contributed by atoms with Crippen LogP contribution in [0.2, 0.25) is 0 Å². The van der Waals surface area contributed by atoms with Crippen molar-refractivity contribution in [3.8, 4) is 0 Å². The van der Waals surface area contributed by atoms with Gasteiger partial charge in [-0.2, -0.15) is 0 Å². The fraction of sp³-hybridized carbons (Fsp3) is 0.182. The third kappa shape index (κ3) is 3.18. The van der Waals surface area contributed by atoms with E-state index >= 15 is 0 Å². The first-order chi connectivity index (χ1) is 12.7. The van der Waals surface area contributed by atoms with E-state index in [9.17, 15) is 9.59 Å². The number of nitrogens with one attached hydrogen (secondary N) is 1. The number of rotatable bonds is 4. The van der Waals surface area contributed by atoms with Crippen LogP contribution < -0.4 is 5.32 Å². The Kier molecular flexibility index (Phi) is 4.40. The van der Waals surface area contributed by atoms with Gasteiger partial charge < -0.3 is 10.2 Å². The van der Waals surface area contributed by atoms with Crippen LogP contribution in [0.15, 0.2) is 72.8 Å². The van der Waals surface area contributed by atoms with Gasteiger partial charge in [0.25, 0.3) is 5.91 Å². The Hall–Kier alpha value is -3.14. The molecule has 4 heteroatoms. The Bertz CT molecular complexity index is 947. The number of fused-ring (bicyclic) bond motifs is 1. The second-order valence-corrected chi connectivity index (χ2v) is 6.59. The largest absolute Gasteiger partial charge is 0.340 e. The smallest absolute Gasteiger partial charge is 0.252 e. The van der Waals surface area contributed by atoms with E-state index in [-0.39, 0.29) is 11.8 Å². The van der Waals surface area contributed by atoms with E-state index in [0.29, 0.717) is 25.1 Å². The molecule has 1 heterocycles. The first-order valence-corrected chi connectivity index (χ1v) is 8.84. The molecule has 0 aromatic heterocycles. The quantitative estimate of drug-likeness (QED) is 0.789. The Morgan fingerprint density at radius 1 is 0.962 bits per heavy atom. The highest BCUT2D eigenvalue weighted by Gasteiger charge is 2.32. The monoisotopic (exact) mass is 344 g/mol. The fourth-order valence-electron chi connectivity index (χ4n) is 3.49. The number of carbonyl (C=O) groups is 2. The molecule has 0 unspecified atom stereocenters. The number of likely N-dealkylation sites (tertiary alicyclic amines) is 1. The topological polar surface area (TPSA) is 49.4 Å². The summed E-state index contributed by atoms with van der Waals surface area (Å²) in [6.45, 7) is 1.24. The predicted molar refractivity (Wildman–Crippen MR) is 102 cm³/mol. The van der Waals surface area contributed by atoms with Crippen LogP contribution in [0.25, 0.3) is 10.8 Å². The SMILES string of the molecule is O=C(N[C@H]1CCN(Cc2ccccc2)C1=O)c1cccc2ccccc12. The van der Waals surface area contributed by atoms with Gasteiger partial charge in [0.15, 0.2) is 0 Å². The zero-order chi connectivity index (χ0) is 17.9. The van der Waals surface area contributed by atoms with Crippen molar-refractivity contribution >= 4 is 22.6 Å². The maximum absolute atomic E-state index is 12.7. The molecule has 0 spiro atoms. The highest BCUT2D eigenvalue weighted by molar-refractivity contribution is 6.08. The summed E-state index contributed by atoms with van der Waals surface area (Å²) in [6, 6.07) is 22.9. The number of benzene rings is 3. The lowest BCUT2D eigenvalue weighted by Gasteiger charge is -2.17. The van der Waals surface area contributed by atoms with Gasteiger partial charge in [-0.05, 0) is 28.8 Å². The number of hydrogen-bond acceptors (Lipinski definition) is 2. The van der Waals surface area contributed by atoms with Crippen molar-refractivity contribution < 1.29 is 9.59 Å². The van der Waals surface area contributed by atoms with Gasteiger partial charge in [0.2, 0.25) is 5.91 Å². The Balaban J connectivity index is 1.47. The van der Waals surface area contributed by atoms with Crippen LogP contribution in [0.1, 0.15) is 22.3 Å².